The van der Waals surface area contributed by atoms with Crippen molar-refractivity contribution in [1.29, 1.82) is 0 Å². The molecule has 0 N–H and O–H groups in total. The van der Waals surface area contributed by atoms with E-state index in [0.717, 1.165) is 21.4 Å². The Morgan fingerprint density at radius 1 is 1.15 bits per heavy atom. The molecular formula is C20H18FNO3S. The van der Waals surface area contributed by atoms with Crippen LogP contribution in [-0.4, -0.2) is 37.1 Å². The maximum Gasteiger partial charge on any atom is 0.264 e. The Balaban J connectivity index is 1.55. The summed E-state index contributed by atoms with van der Waals surface area (Å²) in [6.07, 6.45) is 0. The van der Waals surface area contributed by atoms with Gasteiger partial charge in [-0.25, -0.2) is 4.39 Å². The Bertz CT molecular complexity index is 916. The second-order valence-corrected chi connectivity index (χ2v) is 7.18. The monoisotopic (exact) mass is 371 g/mol. The minimum atomic E-state index is -0.264. The lowest BCUT2D eigenvalue weighted by Gasteiger charge is -2.26. The van der Waals surface area contributed by atoms with Crippen LogP contribution in [-0.2, 0) is 11.3 Å². The summed E-state index contributed by atoms with van der Waals surface area (Å²) in [5.41, 5.74) is 0.892. The summed E-state index contributed by atoms with van der Waals surface area (Å²) >= 11 is 1.48. The Hall–Kier alpha value is -2.44. The molecule has 1 aromatic heterocycles. The van der Waals surface area contributed by atoms with Gasteiger partial charge < -0.3 is 14.4 Å². The zero-order valence-electron chi connectivity index (χ0n) is 14.1. The number of ether oxygens (including phenoxy) is 2. The number of fused-ring (bicyclic) bond motifs is 1. The number of nitrogens with zero attached hydrogens (tertiary/aromatic N) is 1. The second kappa shape index (κ2) is 7.43. The third-order valence-corrected chi connectivity index (χ3v) is 5.43. The van der Waals surface area contributed by atoms with Crippen molar-refractivity contribution in [2.75, 3.05) is 26.3 Å². The van der Waals surface area contributed by atoms with Gasteiger partial charge in [0.25, 0.3) is 5.91 Å². The fourth-order valence-electron chi connectivity index (χ4n) is 2.93. The Labute approximate surface area is 154 Å². The van der Waals surface area contributed by atoms with E-state index in [0.29, 0.717) is 37.8 Å². The fourth-order valence-corrected chi connectivity index (χ4v) is 3.98. The molecule has 1 fully saturated rings. The number of carbonyl (C=O) groups is 1. The third kappa shape index (κ3) is 3.57. The molecule has 0 spiro atoms. The average Bonchev–Trinajstić information content (AvgIpc) is 3.12. The Morgan fingerprint density at radius 3 is 2.69 bits per heavy atom. The highest BCUT2D eigenvalue weighted by molar-refractivity contribution is 7.20. The first-order chi connectivity index (χ1) is 12.7. The smallest absolute Gasteiger partial charge is 0.264 e. The van der Waals surface area contributed by atoms with Gasteiger partial charge in [-0.15, -0.1) is 11.3 Å². The number of amides is 1. The van der Waals surface area contributed by atoms with Crippen LogP contribution < -0.4 is 4.74 Å². The lowest BCUT2D eigenvalue weighted by molar-refractivity contribution is 0.0306. The van der Waals surface area contributed by atoms with E-state index in [1.807, 2.05) is 29.2 Å². The summed E-state index contributed by atoms with van der Waals surface area (Å²) in [7, 11) is 0. The molecule has 0 saturated carbocycles. The summed E-state index contributed by atoms with van der Waals surface area (Å²) < 4.78 is 25.3. The SMILES string of the molecule is O=C(c1cc2c(OCc3ccc(F)cc3)cccc2s1)N1CCOCC1. The van der Waals surface area contributed by atoms with Gasteiger partial charge in [-0.3, -0.25) is 4.79 Å². The molecule has 0 bridgehead atoms. The van der Waals surface area contributed by atoms with Crippen LogP contribution in [0.4, 0.5) is 4.39 Å². The third-order valence-electron chi connectivity index (χ3n) is 4.34. The van der Waals surface area contributed by atoms with E-state index in [1.165, 1.54) is 23.5 Å². The van der Waals surface area contributed by atoms with Crippen molar-refractivity contribution in [3.05, 3.63) is 64.8 Å². The largest absolute Gasteiger partial charge is 0.488 e. The first kappa shape index (κ1) is 17.0. The second-order valence-electron chi connectivity index (χ2n) is 6.10. The van der Waals surface area contributed by atoms with Gasteiger partial charge >= 0.3 is 0 Å². The highest BCUT2D eigenvalue weighted by Gasteiger charge is 2.21. The van der Waals surface area contributed by atoms with Crippen molar-refractivity contribution < 1.29 is 18.7 Å². The topological polar surface area (TPSA) is 38.8 Å². The van der Waals surface area contributed by atoms with E-state index in [-0.39, 0.29) is 11.7 Å². The minimum absolute atomic E-state index is 0.0407. The minimum Gasteiger partial charge on any atom is -0.488 e. The van der Waals surface area contributed by atoms with Gasteiger partial charge in [0, 0.05) is 23.2 Å². The number of morpholine rings is 1. The van der Waals surface area contributed by atoms with Gasteiger partial charge in [-0.05, 0) is 35.9 Å². The maximum atomic E-state index is 13.0. The van der Waals surface area contributed by atoms with Crippen LogP contribution in [0.15, 0.2) is 48.5 Å². The van der Waals surface area contributed by atoms with Crippen LogP contribution in [0, 0.1) is 5.82 Å². The fraction of sp³-hybridized carbons (Fsp3) is 0.250. The van der Waals surface area contributed by atoms with Crippen LogP contribution in [0.2, 0.25) is 0 Å². The highest BCUT2D eigenvalue weighted by atomic mass is 32.1. The summed E-state index contributed by atoms with van der Waals surface area (Å²) in [6.45, 7) is 2.77. The van der Waals surface area contributed by atoms with E-state index < -0.39 is 0 Å². The molecule has 3 aromatic rings. The van der Waals surface area contributed by atoms with E-state index in [1.54, 1.807) is 12.1 Å². The summed E-state index contributed by atoms with van der Waals surface area (Å²) in [5, 5.41) is 0.927. The number of halogens is 1. The highest BCUT2D eigenvalue weighted by Crippen LogP contribution is 2.34. The van der Waals surface area contributed by atoms with Crippen LogP contribution in [0.3, 0.4) is 0 Å². The van der Waals surface area contributed by atoms with Crippen molar-refractivity contribution in [3.8, 4) is 5.75 Å². The van der Waals surface area contributed by atoms with Gasteiger partial charge in [0.15, 0.2) is 0 Å². The number of rotatable bonds is 4. The van der Waals surface area contributed by atoms with Crippen molar-refractivity contribution in [2.24, 2.45) is 0 Å². The van der Waals surface area contributed by atoms with E-state index in [2.05, 4.69) is 0 Å². The van der Waals surface area contributed by atoms with E-state index in [9.17, 15) is 9.18 Å². The van der Waals surface area contributed by atoms with Gasteiger partial charge in [-0.1, -0.05) is 18.2 Å². The normalized spacial score (nSPS) is 14.6. The van der Waals surface area contributed by atoms with Gasteiger partial charge in [0.05, 0.1) is 18.1 Å². The van der Waals surface area contributed by atoms with E-state index >= 15 is 0 Å². The molecule has 4 nitrogen and oxygen atoms in total. The van der Waals surface area contributed by atoms with Crippen molar-refractivity contribution in [2.45, 2.75) is 6.61 Å². The predicted octanol–water partition coefficient (Wildman–Crippen LogP) is 4.09. The molecule has 0 atom stereocenters. The molecule has 0 aliphatic carbocycles. The first-order valence-corrected chi connectivity index (χ1v) is 9.29. The molecule has 26 heavy (non-hydrogen) atoms. The molecule has 134 valence electrons. The molecule has 1 aliphatic rings. The molecule has 1 saturated heterocycles. The molecule has 2 aromatic carbocycles. The van der Waals surface area contributed by atoms with Crippen LogP contribution in [0.1, 0.15) is 15.2 Å². The van der Waals surface area contributed by atoms with Gasteiger partial charge in [-0.2, -0.15) is 0 Å². The zero-order valence-corrected chi connectivity index (χ0v) is 14.9. The summed E-state index contributed by atoms with van der Waals surface area (Å²) in [5.74, 6) is 0.503. The summed E-state index contributed by atoms with van der Waals surface area (Å²) in [6, 6.07) is 13.9. The van der Waals surface area contributed by atoms with Crippen molar-refractivity contribution in [3.63, 3.8) is 0 Å². The molecular weight excluding hydrogens is 353 g/mol. The number of benzene rings is 2. The number of carbonyl (C=O) groups excluding carboxylic acids is 1. The molecule has 1 aliphatic heterocycles. The first-order valence-electron chi connectivity index (χ1n) is 8.47. The molecule has 6 heteroatoms. The van der Waals surface area contributed by atoms with E-state index in [4.69, 9.17) is 9.47 Å². The molecule has 2 heterocycles. The van der Waals surface area contributed by atoms with Crippen molar-refractivity contribution in [1.82, 2.24) is 4.90 Å². The number of hydrogen-bond donors (Lipinski definition) is 0. The van der Waals surface area contributed by atoms with Crippen LogP contribution in [0.5, 0.6) is 5.75 Å². The van der Waals surface area contributed by atoms with Crippen LogP contribution in [0.25, 0.3) is 10.1 Å². The Kier molecular flexibility index (Phi) is 4.86. The lowest BCUT2D eigenvalue weighted by Crippen LogP contribution is -2.40. The maximum absolute atomic E-state index is 13.0. The quantitative estimate of drug-likeness (QED) is 0.693. The van der Waals surface area contributed by atoms with Gasteiger partial charge in [0.2, 0.25) is 0 Å². The Morgan fingerprint density at radius 2 is 1.92 bits per heavy atom. The standard InChI is InChI=1S/C20H18FNO3S/c21-15-6-4-14(5-7-15)13-25-17-2-1-3-18-16(17)12-19(26-18)20(23)22-8-10-24-11-9-22/h1-7,12H,8-11,13H2. The molecule has 0 radical (unpaired) electrons. The van der Waals surface area contributed by atoms with Crippen LogP contribution >= 0.6 is 11.3 Å². The molecule has 0 unspecified atom stereocenters. The number of hydrogen-bond acceptors (Lipinski definition) is 4. The van der Waals surface area contributed by atoms with Crippen molar-refractivity contribution >= 4 is 27.3 Å². The molecule has 4 rings (SSSR count). The summed E-state index contributed by atoms with van der Waals surface area (Å²) in [4.78, 5) is 15.2. The lowest BCUT2D eigenvalue weighted by atomic mass is 10.2. The van der Waals surface area contributed by atoms with Gasteiger partial charge in [0.1, 0.15) is 18.2 Å². The average molecular weight is 371 g/mol. The predicted molar refractivity (Wildman–Crippen MR) is 99.3 cm³/mol. The molecule has 1 amide bonds. The zero-order chi connectivity index (χ0) is 17.9. The number of thiophene rings is 1.